The van der Waals surface area contributed by atoms with Crippen LogP contribution in [0.15, 0.2) is 5.11 Å². The fourth-order valence-corrected chi connectivity index (χ4v) is 3.44. The molecule has 0 aromatic heterocycles. The molecule has 0 aromatic rings. The zero-order valence-electron chi connectivity index (χ0n) is 23.0. The fourth-order valence-electron chi connectivity index (χ4n) is 3.44. The van der Waals surface area contributed by atoms with Gasteiger partial charge in [-0.1, -0.05) is 5.11 Å². The lowest BCUT2D eigenvalue weighted by Crippen LogP contribution is -2.63. The molecule has 1 unspecified atom stereocenters. The Bertz CT molecular complexity index is 909. The van der Waals surface area contributed by atoms with Crippen LogP contribution in [0.5, 0.6) is 0 Å². The first-order valence-electron chi connectivity index (χ1n) is 12.3. The quantitative estimate of drug-likeness (QED) is 0.0442. The monoisotopic (exact) mass is 577 g/mol. The predicted molar refractivity (Wildman–Crippen MR) is 129 cm³/mol. The summed E-state index contributed by atoms with van der Waals surface area (Å²) in [4.78, 5) is 62.1. The number of carbonyl (C=O) groups excluding carboxylic acids is 5. The van der Waals surface area contributed by atoms with Crippen LogP contribution in [0.25, 0.3) is 10.4 Å². The maximum absolute atomic E-state index is 12.2. The summed E-state index contributed by atoms with van der Waals surface area (Å²) in [5, 5.41) is 3.33. The van der Waals surface area contributed by atoms with Gasteiger partial charge < -0.3 is 42.6 Å². The molecule has 17 heteroatoms. The van der Waals surface area contributed by atoms with Crippen molar-refractivity contribution in [2.24, 2.45) is 5.11 Å². The number of hydrogen-bond acceptors (Lipinski definition) is 15. The molecule has 1 heterocycles. The van der Waals surface area contributed by atoms with Gasteiger partial charge >= 0.3 is 29.8 Å². The average molecular weight is 578 g/mol. The van der Waals surface area contributed by atoms with Crippen molar-refractivity contribution >= 4 is 29.8 Å². The van der Waals surface area contributed by atoms with E-state index in [1.807, 2.05) is 0 Å². The maximum Gasteiger partial charge on any atom is 0.310 e. The van der Waals surface area contributed by atoms with E-state index < -0.39 is 79.9 Å². The summed E-state index contributed by atoms with van der Waals surface area (Å²) < 4.78 is 48.6. The molecule has 1 aliphatic rings. The van der Waals surface area contributed by atoms with E-state index in [2.05, 4.69) is 10.0 Å². The number of azide groups is 1. The van der Waals surface area contributed by atoms with Gasteiger partial charge in [-0.3, -0.25) is 24.0 Å². The summed E-state index contributed by atoms with van der Waals surface area (Å²) in [5.41, 5.74) is 8.30. The van der Waals surface area contributed by atoms with Gasteiger partial charge in [0.15, 0.2) is 24.6 Å². The number of hydrogen-bond donors (Lipinski definition) is 0. The van der Waals surface area contributed by atoms with E-state index in [1.54, 1.807) is 6.92 Å². The highest BCUT2D eigenvalue weighted by Crippen LogP contribution is 2.31. The van der Waals surface area contributed by atoms with Gasteiger partial charge in [-0.25, -0.2) is 0 Å². The molecule has 0 amide bonds. The second kappa shape index (κ2) is 18.7. The van der Waals surface area contributed by atoms with Crippen LogP contribution in [0.3, 0.4) is 0 Å². The first-order valence-corrected chi connectivity index (χ1v) is 12.3. The van der Waals surface area contributed by atoms with Gasteiger partial charge in [0.2, 0.25) is 6.29 Å². The number of esters is 5. The van der Waals surface area contributed by atoms with Gasteiger partial charge in [0.1, 0.15) is 12.7 Å². The minimum absolute atomic E-state index is 0.0300. The van der Waals surface area contributed by atoms with Gasteiger partial charge in [0.25, 0.3) is 0 Å². The van der Waals surface area contributed by atoms with Crippen molar-refractivity contribution in [3.8, 4) is 0 Å². The number of carbonyl (C=O) groups is 5. The highest BCUT2D eigenvalue weighted by Gasteiger charge is 2.53. The number of rotatable bonds is 17. The van der Waals surface area contributed by atoms with Gasteiger partial charge in [-0.2, -0.15) is 0 Å². The van der Waals surface area contributed by atoms with E-state index in [0.29, 0.717) is 0 Å². The molecule has 0 aliphatic carbocycles. The third kappa shape index (κ3) is 13.5. The second-order valence-electron chi connectivity index (χ2n) is 8.08. The Labute approximate surface area is 230 Å². The van der Waals surface area contributed by atoms with Crippen molar-refractivity contribution in [3.63, 3.8) is 0 Å². The number of nitrogens with zero attached hydrogens (tertiary/aromatic N) is 3. The topological polar surface area (TPSA) is 217 Å². The average Bonchev–Trinajstić information content (AvgIpc) is 2.85. The summed E-state index contributed by atoms with van der Waals surface area (Å²) in [5.74, 6) is -3.80. The molecule has 1 fully saturated rings. The van der Waals surface area contributed by atoms with Crippen molar-refractivity contribution in [3.05, 3.63) is 10.4 Å². The van der Waals surface area contributed by atoms with Crippen LogP contribution in [0, 0.1) is 0 Å². The lowest BCUT2D eigenvalue weighted by Gasteiger charge is -2.44. The summed E-state index contributed by atoms with van der Waals surface area (Å²) in [6, 6.07) is 0. The fraction of sp³-hybridized carbons (Fsp3) is 0.783. The molecule has 1 rings (SSSR count). The number of ether oxygens (including phenoxy) is 9. The van der Waals surface area contributed by atoms with E-state index in [0.717, 1.165) is 27.7 Å². The molecular weight excluding hydrogens is 542 g/mol. The maximum atomic E-state index is 12.2. The van der Waals surface area contributed by atoms with E-state index in [4.69, 9.17) is 48.2 Å². The van der Waals surface area contributed by atoms with E-state index in [9.17, 15) is 24.0 Å². The Hall–Kier alpha value is -3.50. The molecule has 6 atom stereocenters. The van der Waals surface area contributed by atoms with Crippen LogP contribution in [0.2, 0.25) is 0 Å². The van der Waals surface area contributed by atoms with Crippen molar-refractivity contribution in [1.29, 1.82) is 0 Å². The smallest absolute Gasteiger partial charge is 0.310 e. The minimum Gasteiger partial charge on any atom is -0.466 e. The lowest BCUT2D eigenvalue weighted by molar-refractivity contribution is -0.340. The Morgan fingerprint density at radius 3 is 2.05 bits per heavy atom. The molecule has 0 bridgehead atoms. The molecule has 1 aliphatic heterocycles. The highest BCUT2D eigenvalue weighted by atomic mass is 16.8. The van der Waals surface area contributed by atoms with Crippen molar-refractivity contribution in [2.45, 2.75) is 78.0 Å². The van der Waals surface area contributed by atoms with Gasteiger partial charge in [-0.05, 0) is 12.5 Å². The zero-order valence-corrected chi connectivity index (χ0v) is 23.0. The molecule has 0 spiro atoms. The largest absolute Gasteiger partial charge is 0.466 e. The molecule has 40 heavy (non-hydrogen) atoms. The highest BCUT2D eigenvalue weighted by molar-refractivity contribution is 5.70. The third-order valence-electron chi connectivity index (χ3n) is 4.80. The molecule has 226 valence electrons. The van der Waals surface area contributed by atoms with Crippen LogP contribution in [-0.4, -0.2) is 106 Å². The Balaban J connectivity index is 3.27. The van der Waals surface area contributed by atoms with Gasteiger partial charge in [-0.15, -0.1) is 0 Å². The predicted octanol–water partition coefficient (Wildman–Crippen LogP) is 0.709. The van der Waals surface area contributed by atoms with Gasteiger partial charge in [0.05, 0.1) is 32.8 Å². The van der Waals surface area contributed by atoms with E-state index >= 15 is 0 Å². The molecule has 0 saturated carbocycles. The summed E-state index contributed by atoms with van der Waals surface area (Å²) in [6.07, 6.45) is -8.93. The molecule has 1 saturated heterocycles. The second-order valence-corrected chi connectivity index (χ2v) is 8.08. The molecule has 17 nitrogen and oxygen atoms in total. The van der Waals surface area contributed by atoms with Crippen LogP contribution < -0.4 is 0 Å². The van der Waals surface area contributed by atoms with Crippen LogP contribution in [0.1, 0.15) is 41.0 Å². The standard InChI is InChI=1S/C23H35N3O14/c1-6-33-18(31)11-19(34-10-9-32-8-7-25-26-24)40-23-22(38-16(5)30)21(37-15(4)29)20(36-14(3)28)17(39-23)12-35-13(2)27/h17,19-23H,6-12H2,1-5H3/t17-,19?,20-,21+,22-,23+/m1/s1. The Morgan fingerprint density at radius 1 is 0.850 bits per heavy atom. The van der Waals surface area contributed by atoms with E-state index in [-0.39, 0.29) is 33.0 Å². The first kappa shape index (κ1) is 34.5. The van der Waals surface area contributed by atoms with Gasteiger partial charge in [0, 0.05) is 39.2 Å². The van der Waals surface area contributed by atoms with Crippen molar-refractivity contribution in [2.75, 3.05) is 39.6 Å². The van der Waals surface area contributed by atoms with Crippen molar-refractivity contribution in [1.82, 2.24) is 0 Å². The SMILES string of the molecule is CCOC(=O)CC(OCCOCCN=[N+]=[N-])O[C@@H]1O[C@H](COC(C)=O)[C@@H](OC(C)=O)[C@H](OC(C)=O)[C@H]1OC(C)=O. The Morgan fingerprint density at radius 2 is 1.48 bits per heavy atom. The molecule has 0 aromatic carbocycles. The minimum atomic E-state index is -1.56. The first-order chi connectivity index (χ1) is 19.0. The summed E-state index contributed by atoms with van der Waals surface area (Å²) >= 11 is 0. The zero-order chi connectivity index (χ0) is 30.1. The van der Waals surface area contributed by atoms with Crippen molar-refractivity contribution < 1.29 is 66.6 Å². The summed E-state index contributed by atoms with van der Waals surface area (Å²) in [7, 11) is 0. The molecule has 0 radical (unpaired) electrons. The third-order valence-corrected chi connectivity index (χ3v) is 4.80. The summed E-state index contributed by atoms with van der Waals surface area (Å²) in [6.45, 7) is 5.77. The van der Waals surface area contributed by atoms with Crippen LogP contribution in [0.4, 0.5) is 0 Å². The normalized spacial score (nSPS) is 22.7. The van der Waals surface area contributed by atoms with E-state index in [1.165, 1.54) is 0 Å². The van der Waals surface area contributed by atoms with Crippen LogP contribution in [-0.2, 0) is 66.6 Å². The lowest BCUT2D eigenvalue weighted by atomic mass is 9.98. The Kier molecular flexibility index (Phi) is 16.2. The molecule has 0 N–H and O–H groups in total. The van der Waals surface area contributed by atoms with Crippen LogP contribution >= 0.6 is 0 Å². The molecular formula is C23H35N3O14.